The summed E-state index contributed by atoms with van der Waals surface area (Å²) in [5, 5.41) is 13.4. The number of hydrazine groups is 1. The summed E-state index contributed by atoms with van der Waals surface area (Å²) in [4.78, 5) is 11.8. The summed E-state index contributed by atoms with van der Waals surface area (Å²) >= 11 is 0. The highest BCUT2D eigenvalue weighted by Crippen LogP contribution is 2.28. The molecule has 0 bridgehead atoms. The molecule has 1 aliphatic heterocycles. The number of β-amino-alcohol motifs (C(OH)–C–C–N with tert-alkyl or cyclic N) is 1. The first-order chi connectivity index (χ1) is 7.18. The van der Waals surface area contributed by atoms with Gasteiger partial charge in [-0.1, -0.05) is 6.42 Å². The minimum absolute atomic E-state index is 0.175. The van der Waals surface area contributed by atoms with Gasteiger partial charge in [0.05, 0.1) is 12.6 Å². The van der Waals surface area contributed by atoms with Crippen molar-refractivity contribution in [1.29, 1.82) is 0 Å². The predicted octanol–water partition coefficient (Wildman–Crippen LogP) is 0.759. The maximum Gasteiger partial charge on any atom is 0.237 e. The van der Waals surface area contributed by atoms with Gasteiger partial charge in [-0.2, -0.15) is 0 Å². The first-order valence-electron chi connectivity index (χ1n) is 5.93. The lowest BCUT2D eigenvalue weighted by atomic mass is 9.92. The van der Waals surface area contributed by atoms with E-state index in [1.807, 2.05) is 0 Å². The maximum atomic E-state index is 11.8. The van der Waals surface area contributed by atoms with Crippen LogP contribution in [-0.4, -0.2) is 46.3 Å². The van der Waals surface area contributed by atoms with E-state index in [1.54, 1.807) is 11.9 Å². The second-order valence-corrected chi connectivity index (χ2v) is 4.68. The molecule has 15 heavy (non-hydrogen) atoms. The third-order valence-electron chi connectivity index (χ3n) is 3.31. The largest absolute Gasteiger partial charge is 0.392 e. The van der Waals surface area contributed by atoms with E-state index in [1.165, 1.54) is 19.3 Å². The predicted molar refractivity (Wildman–Crippen MR) is 57.0 cm³/mol. The van der Waals surface area contributed by atoms with Crippen molar-refractivity contribution in [1.82, 2.24) is 10.0 Å². The number of aliphatic hydroxyl groups is 1. The summed E-state index contributed by atoms with van der Waals surface area (Å²) < 4.78 is 0. The zero-order valence-electron chi connectivity index (χ0n) is 9.35. The Kier molecular flexibility index (Phi) is 3.26. The van der Waals surface area contributed by atoms with Crippen molar-refractivity contribution in [2.24, 2.45) is 0 Å². The number of amides is 1. The van der Waals surface area contributed by atoms with Crippen LogP contribution in [0.1, 0.15) is 39.0 Å². The molecule has 1 N–H and O–H groups in total. The molecule has 2 fully saturated rings. The molecular formula is C11H20N2O2. The number of rotatable bonds is 3. The molecule has 0 aromatic carbocycles. The van der Waals surface area contributed by atoms with E-state index in [0.29, 0.717) is 19.0 Å². The van der Waals surface area contributed by atoms with Gasteiger partial charge in [-0.3, -0.25) is 9.80 Å². The van der Waals surface area contributed by atoms with Crippen LogP contribution in [0.3, 0.4) is 0 Å². The Morgan fingerprint density at radius 1 is 1.47 bits per heavy atom. The van der Waals surface area contributed by atoms with Gasteiger partial charge in [0.15, 0.2) is 0 Å². The lowest BCUT2D eigenvalue weighted by molar-refractivity contribution is -0.169. The van der Waals surface area contributed by atoms with Gasteiger partial charge in [0, 0.05) is 19.0 Å². The van der Waals surface area contributed by atoms with E-state index in [4.69, 9.17) is 0 Å². The van der Waals surface area contributed by atoms with E-state index in [-0.39, 0.29) is 5.91 Å². The Morgan fingerprint density at radius 2 is 2.20 bits per heavy atom. The van der Waals surface area contributed by atoms with Crippen LogP contribution in [0.25, 0.3) is 0 Å². The lowest BCUT2D eigenvalue weighted by Gasteiger charge is -2.47. The van der Waals surface area contributed by atoms with Gasteiger partial charge in [0.25, 0.3) is 0 Å². The molecule has 86 valence electrons. The molecule has 2 aliphatic rings. The summed E-state index contributed by atoms with van der Waals surface area (Å²) in [5.74, 6) is 0.175. The molecule has 1 unspecified atom stereocenters. The van der Waals surface area contributed by atoms with Gasteiger partial charge in [0.1, 0.15) is 0 Å². The highest BCUT2D eigenvalue weighted by Gasteiger charge is 2.34. The first-order valence-corrected chi connectivity index (χ1v) is 5.93. The number of hydrogen-bond donors (Lipinski definition) is 1. The quantitative estimate of drug-likeness (QED) is 0.751. The maximum absolute atomic E-state index is 11.8. The van der Waals surface area contributed by atoms with Gasteiger partial charge >= 0.3 is 0 Å². The summed E-state index contributed by atoms with van der Waals surface area (Å²) in [5.41, 5.74) is 0. The summed E-state index contributed by atoms with van der Waals surface area (Å²) in [6.07, 6.45) is 4.83. The summed E-state index contributed by atoms with van der Waals surface area (Å²) in [6, 6.07) is 0.549. The molecule has 2 rings (SSSR count). The first kappa shape index (κ1) is 10.9. The second kappa shape index (κ2) is 4.49. The molecule has 1 saturated heterocycles. The molecule has 1 saturated carbocycles. The molecule has 1 atom stereocenters. The number of hydrogen-bond acceptors (Lipinski definition) is 3. The van der Waals surface area contributed by atoms with E-state index < -0.39 is 6.10 Å². The average Bonchev–Trinajstić information content (AvgIpc) is 2.07. The van der Waals surface area contributed by atoms with Gasteiger partial charge in [-0.05, 0) is 26.2 Å². The highest BCUT2D eigenvalue weighted by molar-refractivity contribution is 5.76. The fourth-order valence-corrected chi connectivity index (χ4v) is 2.31. The third kappa shape index (κ3) is 2.32. The fraction of sp³-hybridized carbons (Fsp3) is 0.909. The third-order valence-corrected chi connectivity index (χ3v) is 3.31. The van der Waals surface area contributed by atoms with Crippen LogP contribution < -0.4 is 0 Å². The van der Waals surface area contributed by atoms with Crippen molar-refractivity contribution in [3.63, 3.8) is 0 Å². The molecule has 1 heterocycles. The van der Waals surface area contributed by atoms with E-state index >= 15 is 0 Å². The van der Waals surface area contributed by atoms with Crippen molar-refractivity contribution in [3.8, 4) is 0 Å². The monoisotopic (exact) mass is 212 g/mol. The Morgan fingerprint density at radius 3 is 2.73 bits per heavy atom. The van der Waals surface area contributed by atoms with Crippen molar-refractivity contribution in [2.45, 2.75) is 51.2 Å². The Labute approximate surface area is 90.8 Å². The molecule has 0 aromatic heterocycles. The standard InChI is InChI=1S/C11H20N2O2/c1-9(14)8-13-11(15)6-3-7-12(13)10-4-2-5-10/h9-10,14H,2-8H2,1H3. The number of nitrogens with zero attached hydrogens (tertiary/aromatic N) is 2. The van der Waals surface area contributed by atoms with Crippen LogP contribution in [0.2, 0.25) is 0 Å². The van der Waals surface area contributed by atoms with E-state index in [9.17, 15) is 9.90 Å². The van der Waals surface area contributed by atoms with Crippen LogP contribution in [0.5, 0.6) is 0 Å². The zero-order chi connectivity index (χ0) is 10.8. The molecule has 4 heteroatoms. The molecular weight excluding hydrogens is 192 g/mol. The van der Waals surface area contributed by atoms with Gasteiger partial charge in [0.2, 0.25) is 5.91 Å². The van der Waals surface area contributed by atoms with Crippen LogP contribution in [0.15, 0.2) is 0 Å². The Bertz CT molecular complexity index is 239. The van der Waals surface area contributed by atoms with Gasteiger partial charge in [-0.15, -0.1) is 0 Å². The molecule has 1 aliphatic carbocycles. The molecule has 0 spiro atoms. The second-order valence-electron chi connectivity index (χ2n) is 4.68. The lowest BCUT2D eigenvalue weighted by Crippen LogP contribution is -2.58. The van der Waals surface area contributed by atoms with Crippen LogP contribution >= 0.6 is 0 Å². The van der Waals surface area contributed by atoms with Crippen molar-refractivity contribution in [3.05, 3.63) is 0 Å². The fourth-order valence-electron chi connectivity index (χ4n) is 2.31. The van der Waals surface area contributed by atoms with Crippen LogP contribution in [0, 0.1) is 0 Å². The minimum atomic E-state index is -0.436. The van der Waals surface area contributed by atoms with E-state index in [0.717, 1.165) is 13.0 Å². The number of carbonyl (C=O) groups is 1. The zero-order valence-corrected chi connectivity index (χ0v) is 9.35. The summed E-state index contributed by atoms with van der Waals surface area (Å²) in [7, 11) is 0. The number of carbonyl (C=O) groups excluding carboxylic acids is 1. The van der Waals surface area contributed by atoms with Gasteiger partial charge < -0.3 is 5.11 Å². The number of aliphatic hydroxyl groups excluding tert-OH is 1. The van der Waals surface area contributed by atoms with Crippen molar-refractivity contribution < 1.29 is 9.90 Å². The van der Waals surface area contributed by atoms with Crippen LogP contribution in [0.4, 0.5) is 0 Å². The Balaban J connectivity index is 2.00. The molecule has 0 radical (unpaired) electrons. The smallest absolute Gasteiger partial charge is 0.237 e. The van der Waals surface area contributed by atoms with Gasteiger partial charge in [-0.25, -0.2) is 5.01 Å². The normalized spacial score (nSPS) is 26.5. The van der Waals surface area contributed by atoms with Crippen molar-refractivity contribution in [2.75, 3.05) is 13.1 Å². The highest BCUT2D eigenvalue weighted by atomic mass is 16.3. The Hall–Kier alpha value is -0.610. The topological polar surface area (TPSA) is 43.8 Å². The molecule has 4 nitrogen and oxygen atoms in total. The van der Waals surface area contributed by atoms with E-state index in [2.05, 4.69) is 5.01 Å². The summed E-state index contributed by atoms with van der Waals surface area (Å²) in [6.45, 7) is 3.17. The van der Waals surface area contributed by atoms with Crippen LogP contribution in [-0.2, 0) is 4.79 Å². The molecule has 1 amide bonds. The minimum Gasteiger partial charge on any atom is -0.392 e. The van der Waals surface area contributed by atoms with Crippen molar-refractivity contribution >= 4 is 5.91 Å². The average molecular weight is 212 g/mol. The SMILES string of the molecule is CC(O)CN1C(=O)CCCN1C1CCC1. The molecule has 0 aromatic rings.